The number of rotatable bonds is 3. The Balaban J connectivity index is 1.98. The van der Waals surface area contributed by atoms with Crippen molar-refractivity contribution < 1.29 is 4.79 Å². The van der Waals surface area contributed by atoms with E-state index in [1.165, 1.54) is 0 Å². The number of amides is 1. The van der Waals surface area contributed by atoms with Gasteiger partial charge in [-0.05, 0) is 59.4 Å². The van der Waals surface area contributed by atoms with Crippen molar-refractivity contribution in [3.63, 3.8) is 0 Å². The van der Waals surface area contributed by atoms with Crippen molar-refractivity contribution in [2.75, 3.05) is 11.9 Å². The molecule has 1 amide bonds. The van der Waals surface area contributed by atoms with Crippen molar-refractivity contribution in [3.05, 3.63) is 27.7 Å². The molecule has 0 saturated carbocycles. The van der Waals surface area contributed by atoms with Gasteiger partial charge in [-0.2, -0.15) is 0 Å². The van der Waals surface area contributed by atoms with Crippen LogP contribution in [0.1, 0.15) is 26.2 Å². The molecule has 1 heterocycles. The lowest BCUT2D eigenvalue weighted by Gasteiger charge is -2.28. The molecule has 0 radical (unpaired) electrons. The van der Waals surface area contributed by atoms with Crippen molar-refractivity contribution in [1.29, 1.82) is 0 Å². The van der Waals surface area contributed by atoms with E-state index in [1.807, 2.05) is 12.1 Å². The van der Waals surface area contributed by atoms with E-state index < -0.39 is 0 Å². The molecule has 0 aliphatic carbocycles. The first-order valence-corrected chi connectivity index (χ1v) is 7.76. The van der Waals surface area contributed by atoms with Crippen molar-refractivity contribution in [2.24, 2.45) is 5.92 Å². The highest BCUT2D eigenvalue weighted by molar-refractivity contribution is 9.10. The molecular formula is C14H18BrClN2O. The lowest BCUT2D eigenvalue weighted by atomic mass is 9.90. The lowest BCUT2D eigenvalue weighted by Crippen LogP contribution is -2.46. The number of benzene rings is 1. The smallest absolute Gasteiger partial charge is 0.241 e. The third kappa shape index (κ3) is 3.94. The molecule has 0 aromatic heterocycles. The van der Waals surface area contributed by atoms with Gasteiger partial charge in [-0.1, -0.05) is 24.9 Å². The van der Waals surface area contributed by atoms with Crippen LogP contribution in [-0.2, 0) is 4.79 Å². The summed E-state index contributed by atoms with van der Waals surface area (Å²) in [6, 6.07) is 5.31. The predicted octanol–water partition coefficient (Wildman–Crippen LogP) is 3.82. The number of anilines is 1. The minimum Gasteiger partial charge on any atom is -0.325 e. The molecule has 2 unspecified atom stereocenters. The summed E-state index contributed by atoms with van der Waals surface area (Å²) < 4.78 is 0.787. The zero-order valence-corrected chi connectivity index (χ0v) is 13.2. The summed E-state index contributed by atoms with van der Waals surface area (Å²) in [4.78, 5) is 12.2. The largest absolute Gasteiger partial charge is 0.325 e. The van der Waals surface area contributed by atoms with Crippen LogP contribution in [0.15, 0.2) is 22.7 Å². The number of nitrogens with one attached hydrogen (secondary N) is 2. The fourth-order valence-corrected chi connectivity index (χ4v) is 2.87. The standard InChI is InChI=1S/C14H18BrClN2O/c1-2-9-5-6-17-13(7-9)14(19)18-10-3-4-12(16)11(15)8-10/h3-4,8-9,13,17H,2,5-7H2,1H3,(H,18,19). The average molecular weight is 346 g/mol. The van der Waals surface area contributed by atoms with Crippen LogP contribution in [-0.4, -0.2) is 18.5 Å². The number of hydrogen-bond acceptors (Lipinski definition) is 2. The normalized spacial score (nSPS) is 23.1. The van der Waals surface area contributed by atoms with Crippen molar-refractivity contribution in [1.82, 2.24) is 5.32 Å². The second-order valence-corrected chi connectivity index (χ2v) is 6.19. The van der Waals surface area contributed by atoms with Gasteiger partial charge in [-0.15, -0.1) is 0 Å². The maximum Gasteiger partial charge on any atom is 0.241 e. The number of hydrogen-bond donors (Lipinski definition) is 2. The predicted molar refractivity (Wildman–Crippen MR) is 82.6 cm³/mol. The first-order chi connectivity index (χ1) is 9.10. The van der Waals surface area contributed by atoms with E-state index in [2.05, 4.69) is 33.5 Å². The Bertz CT molecular complexity index is 467. The summed E-state index contributed by atoms with van der Waals surface area (Å²) >= 11 is 9.29. The average Bonchev–Trinajstić information content (AvgIpc) is 2.43. The highest BCUT2D eigenvalue weighted by atomic mass is 79.9. The van der Waals surface area contributed by atoms with Crippen LogP contribution in [0.25, 0.3) is 0 Å². The maximum absolute atomic E-state index is 12.2. The molecule has 104 valence electrons. The molecule has 0 bridgehead atoms. The molecule has 2 N–H and O–H groups in total. The molecule has 19 heavy (non-hydrogen) atoms. The van der Waals surface area contributed by atoms with E-state index in [9.17, 15) is 4.79 Å². The van der Waals surface area contributed by atoms with Crippen LogP contribution in [0.3, 0.4) is 0 Å². The fraction of sp³-hybridized carbons (Fsp3) is 0.500. The molecule has 5 heteroatoms. The number of carbonyl (C=O) groups excluding carboxylic acids is 1. The summed E-state index contributed by atoms with van der Waals surface area (Å²) in [5.41, 5.74) is 0.765. The van der Waals surface area contributed by atoms with Crippen LogP contribution in [0.2, 0.25) is 5.02 Å². The van der Waals surface area contributed by atoms with Gasteiger partial charge < -0.3 is 10.6 Å². The summed E-state index contributed by atoms with van der Waals surface area (Å²) in [7, 11) is 0. The molecule has 2 rings (SSSR count). The second kappa shape index (κ2) is 6.73. The summed E-state index contributed by atoms with van der Waals surface area (Å²) in [6.07, 6.45) is 3.21. The Kier molecular flexibility index (Phi) is 5.25. The van der Waals surface area contributed by atoms with Crippen molar-refractivity contribution in [3.8, 4) is 0 Å². The maximum atomic E-state index is 12.2. The first-order valence-electron chi connectivity index (χ1n) is 6.59. The van der Waals surface area contributed by atoms with E-state index in [4.69, 9.17) is 11.6 Å². The summed E-state index contributed by atoms with van der Waals surface area (Å²) in [5, 5.41) is 6.85. The van der Waals surface area contributed by atoms with E-state index in [0.29, 0.717) is 10.9 Å². The van der Waals surface area contributed by atoms with Crippen molar-refractivity contribution in [2.45, 2.75) is 32.2 Å². The highest BCUT2D eigenvalue weighted by Gasteiger charge is 2.25. The van der Waals surface area contributed by atoms with Crippen molar-refractivity contribution >= 4 is 39.1 Å². The van der Waals surface area contributed by atoms with Crippen LogP contribution < -0.4 is 10.6 Å². The molecule has 1 fully saturated rings. The summed E-state index contributed by atoms with van der Waals surface area (Å²) in [5.74, 6) is 0.682. The second-order valence-electron chi connectivity index (χ2n) is 4.92. The Morgan fingerprint density at radius 1 is 1.58 bits per heavy atom. The van der Waals surface area contributed by atoms with Crippen LogP contribution in [0, 0.1) is 5.92 Å². The molecule has 1 aromatic rings. The van der Waals surface area contributed by atoms with E-state index in [-0.39, 0.29) is 11.9 Å². The monoisotopic (exact) mass is 344 g/mol. The van der Waals surface area contributed by atoms with Gasteiger partial charge in [-0.25, -0.2) is 0 Å². The van der Waals surface area contributed by atoms with Crippen LogP contribution in [0.5, 0.6) is 0 Å². The molecule has 1 aromatic carbocycles. The third-order valence-electron chi connectivity index (χ3n) is 3.59. The molecule has 3 nitrogen and oxygen atoms in total. The zero-order chi connectivity index (χ0) is 13.8. The fourth-order valence-electron chi connectivity index (χ4n) is 2.37. The Hall–Kier alpha value is -0.580. The molecule has 1 aliphatic heterocycles. The Morgan fingerprint density at radius 3 is 3.05 bits per heavy atom. The van der Waals surface area contributed by atoms with Gasteiger partial charge in [0.05, 0.1) is 11.1 Å². The van der Waals surface area contributed by atoms with Gasteiger partial charge in [0, 0.05) is 10.2 Å². The molecule has 1 saturated heterocycles. The lowest BCUT2D eigenvalue weighted by molar-refractivity contribution is -0.119. The van der Waals surface area contributed by atoms with Gasteiger partial charge in [-0.3, -0.25) is 4.79 Å². The number of carbonyl (C=O) groups is 1. The SMILES string of the molecule is CCC1CCNC(C(=O)Nc2ccc(Cl)c(Br)c2)C1. The first kappa shape index (κ1) is 14.8. The van der Waals surface area contributed by atoms with Gasteiger partial charge in [0.2, 0.25) is 5.91 Å². The van der Waals surface area contributed by atoms with E-state index in [0.717, 1.165) is 36.0 Å². The van der Waals surface area contributed by atoms with Crippen LogP contribution in [0.4, 0.5) is 5.69 Å². The topological polar surface area (TPSA) is 41.1 Å². The Labute approximate surface area is 127 Å². The molecular weight excluding hydrogens is 328 g/mol. The zero-order valence-electron chi connectivity index (χ0n) is 10.9. The van der Waals surface area contributed by atoms with E-state index in [1.54, 1.807) is 6.07 Å². The third-order valence-corrected chi connectivity index (χ3v) is 4.81. The minimum absolute atomic E-state index is 0.0346. The number of halogens is 2. The number of piperidine rings is 1. The molecule has 2 atom stereocenters. The van der Waals surface area contributed by atoms with Gasteiger partial charge in [0.25, 0.3) is 0 Å². The van der Waals surface area contributed by atoms with Gasteiger partial charge >= 0.3 is 0 Å². The van der Waals surface area contributed by atoms with Gasteiger partial charge in [0.1, 0.15) is 0 Å². The Morgan fingerprint density at radius 2 is 2.37 bits per heavy atom. The summed E-state index contributed by atoms with van der Waals surface area (Å²) in [6.45, 7) is 3.10. The highest BCUT2D eigenvalue weighted by Crippen LogP contribution is 2.26. The van der Waals surface area contributed by atoms with E-state index >= 15 is 0 Å². The molecule has 0 spiro atoms. The van der Waals surface area contributed by atoms with Crippen LogP contribution >= 0.6 is 27.5 Å². The minimum atomic E-state index is -0.0897. The quantitative estimate of drug-likeness (QED) is 0.874. The van der Waals surface area contributed by atoms with Gasteiger partial charge in [0.15, 0.2) is 0 Å². The molecule has 1 aliphatic rings.